The van der Waals surface area contributed by atoms with Crippen LogP contribution >= 0.6 is 38.5 Å². The van der Waals surface area contributed by atoms with Crippen molar-refractivity contribution in [1.29, 1.82) is 0 Å². The van der Waals surface area contributed by atoms with Gasteiger partial charge in [-0.1, -0.05) is 15.9 Å². The van der Waals surface area contributed by atoms with Crippen LogP contribution in [0.15, 0.2) is 45.8 Å². The Hall–Kier alpha value is -0.600. The van der Waals surface area contributed by atoms with Gasteiger partial charge in [-0.3, -0.25) is 4.72 Å². The molecule has 0 amide bonds. The van der Waals surface area contributed by atoms with Crippen LogP contribution in [0, 0.1) is 17.4 Å². The van der Waals surface area contributed by atoms with Gasteiger partial charge in [-0.2, -0.15) is 0 Å². The van der Waals surface area contributed by atoms with Crippen molar-refractivity contribution < 1.29 is 8.42 Å². The molecule has 0 aliphatic heterocycles. The Morgan fingerprint density at radius 3 is 2.25 bits per heavy atom. The molecule has 0 unspecified atom stereocenters. The largest absolute Gasteiger partial charge is 0.280 e. The smallest absolute Gasteiger partial charge is 0.262 e. The van der Waals surface area contributed by atoms with E-state index >= 15 is 0 Å². The first kappa shape index (κ1) is 15.8. The van der Waals surface area contributed by atoms with Gasteiger partial charge < -0.3 is 0 Å². The van der Waals surface area contributed by atoms with Crippen LogP contribution in [0.2, 0.25) is 0 Å². The highest BCUT2D eigenvalue weighted by Crippen LogP contribution is 2.26. The fourth-order valence-corrected chi connectivity index (χ4v) is 3.96. The molecular weight excluding hydrogens is 453 g/mol. The molecule has 2 aromatic carbocycles. The number of nitrogens with one attached hydrogen (secondary N) is 1. The normalized spacial score (nSPS) is 11.4. The van der Waals surface area contributed by atoms with Crippen LogP contribution in [0.25, 0.3) is 0 Å². The highest BCUT2D eigenvalue weighted by atomic mass is 127. The highest BCUT2D eigenvalue weighted by molar-refractivity contribution is 14.1. The highest BCUT2D eigenvalue weighted by Gasteiger charge is 2.18. The molecule has 106 valence electrons. The van der Waals surface area contributed by atoms with Crippen molar-refractivity contribution in [3.63, 3.8) is 0 Å². The molecule has 0 saturated carbocycles. The quantitative estimate of drug-likeness (QED) is 0.679. The van der Waals surface area contributed by atoms with Crippen molar-refractivity contribution in [1.82, 2.24) is 0 Å². The molecule has 0 aliphatic rings. The summed E-state index contributed by atoms with van der Waals surface area (Å²) < 4.78 is 29.5. The van der Waals surface area contributed by atoms with Crippen molar-refractivity contribution in [3.8, 4) is 0 Å². The number of anilines is 1. The third kappa shape index (κ3) is 3.53. The maximum Gasteiger partial charge on any atom is 0.262 e. The number of aryl methyl sites for hydroxylation is 2. The van der Waals surface area contributed by atoms with E-state index in [2.05, 4.69) is 43.2 Å². The van der Waals surface area contributed by atoms with Crippen LogP contribution < -0.4 is 4.72 Å². The minimum atomic E-state index is -3.57. The first-order chi connectivity index (χ1) is 9.29. The summed E-state index contributed by atoms with van der Waals surface area (Å²) in [6.45, 7) is 3.65. The van der Waals surface area contributed by atoms with E-state index in [1.165, 1.54) is 0 Å². The van der Waals surface area contributed by atoms with Crippen molar-refractivity contribution in [3.05, 3.63) is 55.6 Å². The summed E-state index contributed by atoms with van der Waals surface area (Å²) in [5, 5.41) is 0. The molecule has 3 nitrogen and oxygen atoms in total. The molecule has 20 heavy (non-hydrogen) atoms. The molecule has 1 N–H and O–H groups in total. The van der Waals surface area contributed by atoms with E-state index in [9.17, 15) is 8.42 Å². The molecule has 0 saturated heterocycles. The van der Waals surface area contributed by atoms with E-state index in [-0.39, 0.29) is 0 Å². The predicted molar refractivity (Wildman–Crippen MR) is 93.6 cm³/mol. The summed E-state index contributed by atoms with van der Waals surface area (Å²) in [5.41, 5.74) is 2.16. The zero-order valence-corrected chi connectivity index (χ0v) is 15.5. The van der Waals surface area contributed by atoms with Crippen molar-refractivity contribution in [2.45, 2.75) is 18.7 Å². The monoisotopic (exact) mass is 465 g/mol. The summed E-state index contributed by atoms with van der Waals surface area (Å²) in [5.74, 6) is 0. The second-order valence-electron chi connectivity index (χ2n) is 4.48. The van der Waals surface area contributed by atoms with E-state index in [4.69, 9.17) is 0 Å². The molecule has 6 heteroatoms. The van der Waals surface area contributed by atoms with E-state index in [1.807, 2.05) is 25.1 Å². The van der Waals surface area contributed by atoms with Crippen molar-refractivity contribution >= 4 is 54.2 Å². The van der Waals surface area contributed by atoms with Gasteiger partial charge in [0.05, 0.1) is 4.90 Å². The van der Waals surface area contributed by atoms with Gasteiger partial charge in [-0.15, -0.1) is 0 Å². The molecule has 2 aromatic rings. The summed E-state index contributed by atoms with van der Waals surface area (Å²) >= 11 is 5.58. The van der Waals surface area contributed by atoms with Crippen LogP contribution in [0.3, 0.4) is 0 Å². The van der Waals surface area contributed by atoms with E-state index in [0.717, 1.165) is 13.6 Å². The minimum absolute atomic E-state index is 0.303. The fraction of sp³-hybridized carbons (Fsp3) is 0.143. The predicted octanol–water partition coefficient (Wildman–Crippen LogP) is 4.47. The topological polar surface area (TPSA) is 46.2 Å². The van der Waals surface area contributed by atoms with Crippen LogP contribution in [-0.2, 0) is 10.0 Å². The standard InChI is InChI=1S/C14H13BrINO2S/c1-9-8-14(10(2)7-13(9)15)20(18,19)17-12-5-3-11(16)4-6-12/h3-8,17H,1-2H3. The molecule has 0 heterocycles. The second kappa shape index (κ2) is 6.03. The van der Waals surface area contributed by atoms with E-state index < -0.39 is 10.0 Å². The number of rotatable bonds is 3. The zero-order valence-electron chi connectivity index (χ0n) is 10.9. The Bertz CT molecular complexity index is 743. The van der Waals surface area contributed by atoms with E-state index in [0.29, 0.717) is 16.1 Å². The maximum atomic E-state index is 12.4. The lowest BCUT2D eigenvalue weighted by atomic mass is 10.2. The lowest BCUT2D eigenvalue weighted by Gasteiger charge is -2.12. The first-order valence-electron chi connectivity index (χ1n) is 5.85. The SMILES string of the molecule is Cc1cc(S(=O)(=O)Nc2ccc(I)cc2)c(C)cc1Br. The average molecular weight is 466 g/mol. The average Bonchev–Trinajstić information content (AvgIpc) is 2.36. The van der Waals surface area contributed by atoms with Crippen molar-refractivity contribution in [2.75, 3.05) is 4.72 Å². The van der Waals surface area contributed by atoms with Gasteiger partial charge in [0.15, 0.2) is 0 Å². The van der Waals surface area contributed by atoms with Gasteiger partial charge in [0.1, 0.15) is 0 Å². The molecule has 0 aliphatic carbocycles. The summed E-state index contributed by atoms with van der Waals surface area (Å²) in [7, 11) is -3.57. The Labute approximate surface area is 141 Å². The van der Waals surface area contributed by atoms with Crippen LogP contribution in [0.5, 0.6) is 0 Å². The molecule has 2 rings (SSSR count). The summed E-state index contributed by atoms with van der Waals surface area (Å²) in [6, 6.07) is 10.7. The molecular formula is C14H13BrINO2S. The van der Waals surface area contributed by atoms with Crippen LogP contribution in [0.4, 0.5) is 5.69 Å². The van der Waals surface area contributed by atoms with Gasteiger partial charge in [-0.25, -0.2) is 8.42 Å². The Morgan fingerprint density at radius 1 is 1.05 bits per heavy atom. The van der Waals surface area contributed by atoms with Gasteiger partial charge in [0.2, 0.25) is 0 Å². The minimum Gasteiger partial charge on any atom is -0.280 e. The van der Waals surface area contributed by atoms with Gasteiger partial charge in [-0.05, 0) is 84.0 Å². The molecule has 0 bridgehead atoms. The van der Waals surface area contributed by atoms with Gasteiger partial charge in [0, 0.05) is 13.7 Å². The lowest BCUT2D eigenvalue weighted by molar-refractivity contribution is 0.600. The van der Waals surface area contributed by atoms with Gasteiger partial charge >= 0.3 is 0 Å². The Balaban J connectivity index is 2.40. The number of halogens is 2. The molecule has 0 atom stereocenters. The maximum absolute atomic E-state index is 12.4. The third-order valence-corrected chi connectivity index (χ3v) is 5.94. The fourth-order valence-electron chi connectivity index (χ4n) is 1.77. The zero-order chi connectivity index (χ0) is 14.9. The third-order valence-electron chi connectivity index (χ3n) is 2.84. The second-order valence-corrected chi connectivity index (χ2v) is 8.23. The number of benzene rings is 2. The number of hydrogen-bond donors (Lipinski definition) is 1. The van der Waals surface area contributed by atoms with Crippen LogP contribution in [-0.4, -0.2) is 8.42 Å². The van der Waals surface area contributed by atoms with Crippen LogP contribution in [0.1, 0.15) is 11.1 Å². The lowest BCUT2D eigenvalue weighted by Crippen LogP contribution is -2.14. The summed E-state index contributed by atoms with van der Waals surface area (Å²) in [4.78, 5) is 0.303. The summed E-state index contributed by atoms with van der Waals surface area (Å²) in [6.07, 6.45) is 0. The molecule has 0 radical (unpaired) electrons. The number of sulfonamides is 1. The van der Waals surface area contributed by atoms with Crippen molar-refractivity contribution in [2.24, 2.45) is 0 Å². The van der Waals surface area contributed by atoms with E-state index in [1.54, 1.807) is 25.1 Å². The Morgan fingerprint density at radius 2 is 1.65 bits per heavy atom. The molecule has 0 spiro atoms. The first-order valence-corrected chi connectivity index (χ1v) is 9.20. The van der Waals surface area contributed by atoms with Gasteiger partial charge in [0.25, 0.3) is 10.0 Å². The Kier molecular flexibility index (Phi) is 4.76. The molecule has 0 aromatic heterocycles. The molecule has 0 fully saturated rings. The number of hydrogen-bond acceptors (Lipinski definition) is 2.